The molecule has 3 aromatic heterocycles. The SMILES string of the molecule is Cc1noc(C)c1-c1ccc2c(n1)CN=C2c1nc(N[C@H]2CCCNC2)ncc1C(C)(F)F. The molecule has 0 unspecified atom stereocenters. The standard InChI is InChI=1S/C23H25F2N7O/c1-12-19(13(2)33-32-12)17-7-6-15-18(30-17)11-27-20(15)21-16(23(3,24)25)10-28-22(31-21)29-14-5-4-8-26-9-14/h6-7,10,14,26H,4-5,8-9,11H2,1-3H3,(H,28,29,31)/t14-/m0/s1. The summed E-state index contributed by atoms with van der Waals surface area (Å²) in [6.45, 7) is 6.58. The van der Waals surface area contributed by atoms with Crippen LogP contribution in [0.3, 0.4) is 0 Å². The van der Waals surface area contributed by atoms with Gasteiger partial charge in [0.15, 0.2) is 0 Å². The molecule has 0 aromatic carbocycles. The Hall–Kier alpha value is -3.27. The highest BCUT2D eigenvalue weighted by atomic mass is 19.3. The van der Waals surface area contributed by atoms with Gasteiger partial charge in [-0.1, -0.05) is 5.16 Å². The summed E-state index contributed by atoms with van der Waals surface area (Å²) in [5.74, 6) is -2.12. The second-order valence-corrected chi connectivity index (χ2v) is 8.59. The van der Waals surface area contributed by atoms with Gasteiger partial charge in [-0.25, -0.2) is 23.7 Å². The number of hydrogen-bond acceptors (Lipinski definition) is 8. The summed E-state index contributed by atoms with van der Waals surface area (Å²) in [4.78, 5) is 18.0. The molecule has 10 heteroatoms. The average molecular weight is 453 g/mol. The highest BCUT2D eigenvalue weighted by molar-refractivity contribution is 6.14. The van der Waals surface area contributed by atoms with Crippen molar-refractivity contribution in [3.63, 3.8) is 0 Å². The molecule has 0 amide bonds. The van der Waals surface area contributed by atoms with Crippen LogP contribution in [0.2, 0.25) is 0 Å². The van der Waals surface area contributed by atoms with Crippen LogP contribution in [0.25, 0.3) is 11.3 Å². The summed E-state index contributed by atoms with van der Waals surface area (Å²) in [6, 6.07) is 3.84. The van der Waals surface area contributed by atoms with Crippen molar-refractivity contribution >= 4 is 11.7 Å². The molecule has 1 fully saturated rings. The monoisotopic (exact) mass is 453 g/mol. The highest BCUT2D eigenvalue weighted by Crippen LogP contribution is 2.34. The number of hydrogen-bond donors (Lipinski definition) is 2. The second kappa shape index (κ2) is 8.26. The van der Waals surface area contributed by atoms with Crippen LogP contribution in [0, 0.1) is 13.8 Å². The van der Waals surface area contributed by atoms with E-state index in [1.807, 2.05) is 26.0 Å². The third kappa shape index (κ3) is 4.10. The lowest BCUT2D eigenvalue weighted by Gasteiger charge is -2.24. The Morgan fingerprint density at radius 3 is 2.76 bits per heavy atom. The number of nitrogens with zero attached hydrogens (tertiary/aromatic N) is 5. The van der Waals surface area contributed by atoms with E-state index in [4.69, 9.17) is 9.51 Å². The lowest BCUT2D eigenvalue weighted by molar-refractivity contribution is 0.0166. The van der Waals surface area contributed by atoms with E-state index in [-0.39, 0.29) is 23.8 Å². The topological polar surface area (TPSA) is 101 Å². The Kier molecular flexibility index (Phi) is 5.40. The van der Waals surface area contributed by atoms with Gasteiger partial charge in [0.1, 0.15) is 11.5 Å². The van der Waals surface area contributed by atoms with Gasteiger partial charge in [0.25, 0.3) is 5.92 Å². The van der Waals surface area contributed by atoms with Crippen molar-refractivity contribution in [1.29, 1.82) is 0 Å². The third-order valence-electron chi connectivity index (χ3n) is 6.02. The molecule has 33 heavy (non-hydrogen) atoms. The van der Waals surface area contributed by atoms with Crippen molar-refractivity contribution in [2.24, 2.45) is 4.99 Å². The molecule has 0 spiro atoms. The van der Waals surface area contributed by atoms with E-state index in [0.717, 1.165) is 49.8 Å². The molecule has 5 rings (SSSR count). The molecule has 5 heterocycles. The van der Waals surface area contributed by atoms with E-state index in [2.05, 4.69) is 30.8 Å². The number of nitrogens with one attached hydrogen (secondary N) is 2. The fraction of sp³-hybridized carbons (Fsp3) is 0.435. The molecule has 2 N–H and O–H groups in total. The number of aliphatic imine (C=N–C) groups is 1. The first-order chi connectivity index (χ1) is 15.8. The molecule has 3 aromatic rings. The van der Waals surface area contributed by atoms with Crippen LogP contribution in [-0.2, 0) is 12.5 Å². The Morgan fingerprint density at radius 2 is 2.06 bits per heavy atom. The smallest absolute Gasteiger partial charge is 0.274 e. The first kappa shape index (κ1) is 21.6. The molecule has 0 bridgehead atoms. The van der Waals surface area contributed by atoms with Crippen molar-refractivity contribution in [3.8, 4) is 11.3 Å². The van der Waals surface area contributed by atoms with E-state index in [0.29, 0.717) is 28.7 Å². The van der Waals surface area contributed by atoms with Crippen LogP contribution in [0.15, 0.2) is 27.8 Å². The number of aromatic nitrogens is 4. The van der Waals surface area contributed by atoms with Crippen LogP contribution in [0.5, 0.6) is 0 Å². The van der Waals surface area contributed by atoms with Crippen LogP contribution in [0.1, 0.15) is 53.7 Å². The maximum absolute atomic E-state index is 14.5. The van der Waals surface area contributed by atoms with Crippen molar-refractivity contribution in [1.82, 2.24) is 25.4 Å². The summed E-state index contributed by atoms with van der Waals surface area (Å²) in [6.07, 6.45) is 3.21. The Labute approximate surface area is 189 Å². The van der Waals surface area contributed by atoms with Crippen molar-refractivity contribution in [2.75, 3.05) is 18.4 Å². The molecule has 0 radical (unpaired) electrons. The van der Waals surface area contributed by atoms with E-state index in [1.165, 1.54) is 6.20 Å². The van der Waals surface area contributed by atoms with Crippen LogP contribution in [0.4, 0.5) is 14.7 Å². The lowest BCUT2D eigenvalue weighted by atomic mass is 10.00. The maximum atomic E-state index is 14.5. The first-order valence-electron chi connectivity index (χ1n) is 11.0. The molecule has 0 saturated carbocycles. The summed E-state index contributed by atoms with van der Waals surface area (Å²) in [5, 5.41) is 10.6. The van der Waals surface area contributed by atoms with Gasteiger partial charge in [-0.15, -0.1) is 0 Å². The minimum Gasteiger partial charge on any atom is -0.361 e. The zero-order valence-electron chi connectivity index (χ0n) is 18.7. The van der Waals surface area contributed by atoms with Gasteiger partial charge < -0.3 is 15.2 Å². The minimum atomic E-state index is -3.12. The van der Waals surface area contributed by atoms with Gasteiger partial charge in [0.2, 0.25) is 5.95 Å². The number of alkyl halides is 2. The molecule has 2 aliphatic heterocycles. The summed E-state index contributed by atoms with van der Waals surface area (Å²) >= 11 is 0. The predicted molar refractivity (Wildman–Crippen MR) is 120 cm³/mol. The van der Waals surface area contributed by atoms with Gasteiger partial charge in [-0.2, -0.15) is 0 Å². The van der Waals surface area contributed by atoms with E-state index in [1.54, 1.807) is 0 Å². The van der Waals surface area contributed by atoms with Crippen molar-refractivity contribution < 1.29 is 13.3 Å². The first-order valence-corrected chi connectivity index (χ1v) is 11.0. The van der Waals surface area contributed by atoms with Gasteiger partial charge >= 0.3 is 0 Å². The van der Waals surface area contributed by atoms with Crippen LogP contribution >= 0.6 is 0 Å². The van der Waals surface area contributed by atoms with Gasteiger partial charge in [-0.3, -0.25) is 4.99 Å². The Morgan fingerprint density at radius 1 is 1.21 bits per heavy atom. The van der Waals surface area contributed by atoms with Gasteiger partial charge in [0.05, 0.1) is 40.5 Å². The van der Waals surface area contributed by atoms with Crippen LogP contribution < -0.4 is 10.6 Å². The summed E-state index contributed by atoms with van der Waals surface area (Å²) in [7, 11) is 0. The number of piperidine rings is 1. The molecule has 0 aliphatic carbocycles. The lowest BCUT2D eigenvalue weighted by Crippen LogP contribution is -2.39. The normalized spacial score (nSPS) is 18.2. The summed E-state index contributed by atoms with van der Waals surface area (Å²) < 4.78 is 34.2. The second-order valence-electron chi connectivity index (χ2n) is 8.59. The fourth-order valence-corrected chi connectivity index (χ4v) is 4.38. The molecule has 2 aliphatic rings. The van der Waals surface area contributed by atoms with E-state index < -0.39 is 5.92 Å². The average Bonchev–Trinajstić information content (AvgIpc) is 3.35. The van der Waals surface area contributed by atoms with Crippen LogP contribution in [-0.4, -0.2) is 45.0 Å². The maximum Gasteiger partial charge on any atom is 0.274 e. The van der Waals surface area contributed by atoms with E-state index >= 15 is 0 Å². The summed E-state index contributed by atoms with van der Waals surface area (Å²) in [5.41, 5.74) is 3.99. The number of halogens is 2. The molecular weight excluding hydrogens is 428 g/mol. The fourth-order valence-electron chi connectivity index (χ4n) is 4.38. The molecule has 1 atom stereocenters. The molecule has 1 saturated heterocycles. The Bertz CT molecular complexity index is 1210. The van der Waals surface area contributed by atoms with Crippen molar-refractivity contribution in [3.05, 3.63) is 52.3 Å². The highest BCUT2D eigenvalue weighted by Gasteiger charge is 2.34. The largest absolute Gasteiger partial charge is 0.361 e. The number of rotatable bonds is 5. The number of fused-ring (bicyclic) bond motifs is 1. The molecular formula is C23H25F2N7O. The van der Waals surface area contributed by atoms with Crippen molar-refractivity contribution in [2.45, 2.75) is 52.1 Å². The minimum absolute atomic E-state index is 0.134. The molecule has 8 nitrogen and oxygen atoms in total. The Balaban J connectivity index is 1.52. The van der Waals surface area contributed by atoms with Gasteiger partial charge in [0, 0.05) is 31.3 Å². The predicted octanol–water partition coefficient (Wildman–Crippen LogP) is 3.77. The number of anilines is 1. The van der Waals surface area contributed by atoms with Gasteiger partial charge in [-0.05, 0) is 45.4 Å². The number of pyridine rings is 1. The zero-order chi connectivity index (χ0) is 23.2. The third-order valence-corrected chi connectivity index (χ3v) is 6.02. The quantitative estimate of drug-likeness (QED) is 0.606. The zero-order valence-corrected chi connectivity index (χ0v) is 18.7. The molecule has 172 valence electrons. The number of aryl methyl sites for hydroxylation is 2. The van der Waals surface area contributed by atoms with E-state index in [9.17, 15) is 8.78 Å².